The zero-order valence-corrected chi connectivity index (χ0v) is 14.4. The molecular formula is C13H17BrFN3O2S. The molecule has 1 atom stereocenters. The summed E-state index contributed by atoms with van der Waals surface area (Å²) in [6.07, 6.45) is 0. The lowest BCUT2D eigenvalue weighted by molar-refractivity contribution is 0.421. The summed E-state index contributed by atoms with van der Waals surface area (Å²) in [7, 11) is -2.53. The lowest BCUT2D eigenvalue weighted by Crippen LogP contribution is -2.44. The molecule has 1 aromatic carbocycles. The summed E-state index contributed by atoms with van der Waals surface area (Å²) < 4.78 is 38.3. The van der Waals surface area contributed by atoms with Gasteiger partial charge in [-0.25, -0.2) is 17.1 Å². The van der Waals surface area contributed by atoms with Gasteiger partial charge < -0.3 is 5.73 Å². The first-order valence-corrected chi connectivity index (χ1v) is 8.34. The van der Waals surface area contributed by atoms with Crippen molar-refractivity contribution < 1.29 is 12.8 Å². The van der Waals surface area contributed by atoms with Crippen LogP contribution >= 0.6 is 15.9 Å². The van der Waals surface area contributed by atoms with Gasteiger partial charge in [0, 0.05) is 29.7 Å². The van der Waals surface area contributed by atoms with Crippen molar-refractivity contribution in [1.29, 1.82) is 5.26 Å². The number of hydrogen-bond donors (Lipinski definition) is 1. The molecule has 0 aliphatic rings. The van der Waals surface area contributed by atoms with Gasteiger partial charge in [-0.15, -0.1) is 0 Å². The van der Waals surface area contributed by atoms with Gasteiger partial charge in [0.1, 0.15) is 5.82 Å². The van der Waals surface area contributed by atoms with E-state index in [9.17, 15) is 12.8 Å². The molecule has 0 fully saturated rings. The van der Waals surface area contributed by atoms with Gasteiger partial charge in [0.05, 0.1) is 6.07 Å². The van der Waals surface area contributed by atoms with E-state index in [0.717, 1.165) is 4.31 Å². The smallest absolute Gasteiger partial charge is 0.232 e. The topological polar surface area (TPSA) is 87.2 Å². The molecule has 116 valence electrons. The Morgan fingerprint density at radius 3 is 2.62 bits per heavy atom. The average Bonchev–Trinajstić information content (AvgIpc) is 2.40. The van der Waals surface area contributed by atoms with E-state index in [1.807, 2.05) is 0 Å². The highest BCUT2D eigenvalue weighted by Crippen LogP contribution is 2.24. The van der Waals surface area contributed by atoms with Crippen LogP contribution in [0.15, 0.2) is 22.7 Å². The summed E-state index contributed by atoms with van der Waals surface area (Å²) in [4.78, 5) is 0. The van der Waals surface area contributed by atoms with Gasteiger partial charge in [-0.05, 0) is 32.0 Å². The Hall–Kier alpha value is -1.01. The number of nitriles is 1. The Balaban J connectivity index is 3.01. The summed E-state index contributed by atoms with van der Waals surface area (Å²) in [5.74, 6) is -0.504. The fourth-order valence-corrected chi connectivity index (χ4v) is 3.35. The van der Waals surface area contributed by atoms with Gasteiger partial charge in [-0.3, -0.25) is 0 Å². The molecule has 0 radical (unpaired) electrons. The largest absolute Gasteiger partial charge is 0.323 e. The number of nitrogens with zero attached hydrogens (tertiary/aromatic N) is 2. The molecule has 8 heteroatoms. The number of sulfonamides is 1. The fraction of sp³-hybridized carbons (Fsp3) is 0.462. The SMILES string of the molecule is CN(CC(N)c1cc(Br)ccc1F)S(=O)(=O)C(C)(C)C#N. The molecular weight excluding hydrogens is 361 g/mol. The van der Waals surface area contributed by atoms with Crippen LogP contribution in [0.4, 0.5) is 4.39 Å². The molecule has 0 amide bonds. The minimum absolute atomic E-state index is 0.124. The first-order valence-electron chi connectivity index (χ1n) is 6.10. The molecule has 2 N–H and O–H groups in total. The van der Waals surface area contributed by atoms with E-state index < -0.39 is 26.6 Å². The van der Waals surface area contributed by atoms with Crippen LogP contribution in [0.5, 0.6) is 0 Å². The molecule has 21 heavy (non-hydrogen) atoms. The molecule has 0 spiro atoms. The van der Waals surface area contributed by atoms with Crippen LogP contribution < -0.4 is 5.73 Å². The summed E-state index contributed by atoms with van der Waals surface area (Å²) >= 11 is 3.22. The molecule has 0 aliphatic heterocycles. The zero-order chi connectivity index (χ0) is 16.4. The number of likely N-dealkylation sites (N-methyl/N-ethyl adjacent to an activating group) is 1. The number of rotatable bonds is 5. The van der Waals surface area contributed by atoms with Crippen molar-refractivity contribution in [3.8, 4) is 6.07 Å². The van der Waals surface area contributed by atoms with Crippen molar-refractivity contribution in [2.24, 2.45) is 5.73 Å². The number of hydrogen-bond acceptors (Lipinski definition) is 4. The van der Waals surface area contributed by atoms with Crippen molar-refractivity contribution in [3.63, 3.8) is 0 Å². The van der Waals surface area contributed by atoms with E-state index in [1.54, 1.807) is 6.07 Å². The molecule has 0 saturated heterocycles. The van der Waals surface area contributed by atoms with E-state index in [-0.39, 0.29) is 12.1 Å². The Morgan fingerprint density at radius 2 is 2.10 bits per heavy atom. The molecule has 0 bridgehead atoms. The highest BCUT2D eigenvalue weighted by molar-refractivity contribution is 9.10. The van der Waals surface area contributed by atoms with Gasteiger partial charge in [0.2, 0.25) is 10.0 Å². The van der Waals surface area contributed by atoms with Gasteiger partial charge in [0.15, 0.2) is 4.75 Å². The van der Waals surface area contributed by atoms with Crippen molar-refractivity contribution in [2.75, 3.05) is 13.6 Å². The molecule has 5 nitrogen and oxygen atoms in total. The Kier molecular flexibility index (Phi) is 5.50. The third kappa shape index (κ3) is 3.80. The summed E-state index contributed by atoms with van der Waals surface area (Å²) in [5, 5.41) is 8.96. The minimum Gasteiger partial charge on any atom is -0.323 e. The summed E-state index contributed by atoms with van der Waals surface area (Å²) in [6, 6.07) is 5.21. The lowest BCUT2D eigenvalue weighted by Gasteiger charge is -2.27. The van der Waals surface area contributed by atoms with Gasteiger partial charge in [-0.1, -0.05) is 15.9 Å². The van der Waals surface area contributed by atoms with Crippen molar-refractivity contribution in [1.82, 2.24) is 4.31 Å². The third-order valence-electron chi connectivity index (χ3n) is 3.14. The maximum absolute atomic E-state index is 13.7. The van der Waals surface area contributed by atoms with E-state index in [4.69, 9.17) is 11.0 Å². The quantitative estimate of drug-likeness (QED) is 0.851. The second kappa shape index (κ2) is 6.40. The van der Waals surface area contributed by atoms with Crippen molar-refractivity contribution in [2.45, 2.75) is 24.6 Å². The predicted octanol–water partition coefficient (Wildman–Crippen LogP) is 2.15. The van der Waals surface area contributed by atoms with Crippen LogP contribution in [0.2, 0.25) is 0 Å². The Bertz CT molecular complexity index is 670. The second-order valence-electron chi connectivity index (χ2n) is 5.18. The average molecular weight is 378 g/mol. The molecule has 1 aromatic rings. The van der Waals surface area contributed by atoms with Gasteiger partial charge in [0.25, 0.3) is 0 Å². The lowest BCUT2D eigenvalue weighted by atomic mass is 10.1. The Morgan fingerprint density at radius 1 is 1.52 bits per heavy atom. The summed E-state index contributed by atoms with van der Waals surface area (Å²) in [6.45, 7) is 2.49. The zero-order valence-electron chi connectivity index (χ0n) is 12.0. The minimum atomic E-state index is -3.86. The van der Waals surface area contributed by atoms with Crippen LogP contribution in [0.25, 0.3) is 0 Å². The molecule has 0 aliphatic carbocycles. The van der Waals surface area contributed by atoms with Crippen LogP contribution in [-0.2, 0) is 10.0 Å². The maximum atomic E-state index is 13.7. The standard InChI is InChI=1S/C13H17BrFN3O2S/c1-13(2,8-16)21(19,20)18(3)7-12(17)10-6-9(14)4-5-11(10)15/h4-6,12H,7,17H2,1-3H3. The first-order chi connectivity index (χ1) is 9.52. The van der Waals surface area contributed by atoms with E-state index in [1.165, 1.54) is 39.1 Å². The predicted molar refractivity (Wildman–Crippen MR) is 82.3 cm³/mol. The van der Waals surface area contributed by atoms with Gasteiger partial charge in [-0.2, -0.15) is 5.26 Å². The van der Waals surface area contributed by atoms with Gasteiger partial charge >= 0.3 is 0 Å². The van der Waals surface area contributed by atoms with E-state index in [0.29, 0.717) is 4.47 Å². The van der Waals surface area contributed by atoms with Crippen molar-refractivity contribution >= 4 is 26.0 Å². The van der Waals surface area contributed by atoms with Crippen molar-refractivity contribution in [3.05, 3.63) is 34.1 Å². The monoisotopic (exact) mass is 377 g/mol. The highest BCUT2D eigenvalue weighted by atomic mass is 79.9. The van der Waals surface area contributed by atoms with Crippen LogP contribution in [0.3, 0.4) is 0 Å². The number of benzene rings is 1. The molecule has 0 aromatic heterocycles. The molecule has 0 saturated carbocycles. The normalized spacial score (nSPS) is 14.0. The van der Waals surface area contributed by atoms with Crippen LogP contribution in [0.1, 0.15) is 25.5 Å². The molecule has 1 rings (SSSR count). The number of nitrogens with two attached hydrogens (primary N) is 1. The first kappa shape index (κ1) is 18.0. The van der Waals surface area contributed by atoms with Crippen LogP contribution in [-0.4, -0.2) is 31.1 Å². The Labute approximate surface area is 132 Å². The summed E-state index contributed by atoms with van der Waals surface area (Å²) in [5.41, 5.74) is 6.11. The molecule has 0 heterocycles. The maximum Gasteiger partial charge on any atom is 0.232 e. The molecule has 1 unspecified atom stereocenters. The fourth-order valence-electron chi connectivity index (χ4n) is 1.72. The second-order valence-corrected chi connectivity index (χ2v) is 8.69. The van der Waals surface area contributed by atoms with E-state index in [2.05, 4.69) is 15.9 Å². The van der Waals surface area contributed by atoms with Crippen LogP contribution in [0, 0.1) is 17.1 Å². The van der Waals surface area contributed by atoms with E-state index >= 15 is 0 Å². The third-order valence-corrected chi connectivity index (χ3v) is 5.98. The number of halogens is 2. The highest BCUT2D eigenvalue weighted by Gasteiger charge is 2.38.